The summed E-state index contributed by atoms with van der Waals surface area (Å²) >= 11 is 0. The predicted octanol–water partition coefficient (Wildman–Crippen LogP) is -2.33. The van der Waals surface area contributed by atoms with E-state index in [0.29, 0.717) is 0 Å². The molecule has 3 atom stereocenters. The molecule has 0 aromatic rings. The van der Waals surface area contributed by atoms with Gasteiger partial charge in [-0.15, -0.1) is 0 Å². The summed E-state index contributed by atoms with van der Waals surface area (Å²) in [4.78, 5) is 10.8. The standard InChI is InChI=1S/C6H10O5/c7-1-4-6(10)5(9)3(8)2-11-4/h3-4,6-8,10H,1-2H2/t3-,4-,6-/m1/s1. The lowest BCUT2D eigenvalue weighted by Crippen LogP contribution is -2.51. The van der Waals surface area contributed by atoms with Gasteiger partial charge in [0, 0.05) is 0 Å². The highest BCUT2D eigenvalue weighted by molar-refractivity contribution is 5.88. The number of carbonyl (C=O) groups excluding carboxylic acids is 1. The molecule has 3 N–H and O–H groups in total. The third kappa shape index (κ3) is 1.57. The molecule has 0 amide bonds. The van der Waals surface area contributed by atoms with Crippen LogP contribution in [0.25, 0.3) is 0 Å². The zero-order valence-electron chi connectivity index (χ0n) is 5.80. The zero-order valence-corrected chi connectivity index (χ0v) is 5.80. The van der Waals surface area contributed by atoms with Crippen molar-refractivity contribution in [2.75, 3.05) is 13.2 Å². The van der Waals surface area contributed by atoms with Crippen molar-refractivity contribution in [3.05, 3.63) is 0 Å². The molecule has 0 spiro atoms. The van der Waals surface area contributed by atoms with Crippen molar-refractivity contribution in [2.24, 2.45) is 0 Å². The number of hydrogen-bond donors (Lipinski definition) is 3. The minimum atomic E-state index is -1.40. The molecule has 5 nitrogen and oxygen atoms in total. The number of ketones is 1. The van der Waals surface area contributed by atoms with E-state index in [1.165, 1.54) is 0 Å². The van der Waals surface area contributed by atoms with Gasteiger partial charge in [0.1, 0.15) is 18.3 Å². The highest BCUT2D eigenvalue weighted by Gasteiger charge is 2.36. The SMILES string of the molecule is O=C1[C@H](O)CO[C@H](CO)[C@H]1O. The van der Waals surface area contributed by atoms with Gasteiger partial charge in [-0.1, -0.05) is 0 Å². The summed E-state index contributed by atoms with van der Waals surface area (Å²) in [7, 11) is 0. The molecular weight excluding hydrogens is 152 g/mol. The molecule has 5 heteroatoms. The summed E-state index contributed by atoms with van der Waals surface area (Å²) in [5.74, 6) is -0.685. The molecule has 1 saturated heterocycles. The van der Waals surface area contributed by atoms with E-state index in [9.17, 15) is 4.79 Å². The van der Waals surface area contributed by atoms with Crippen molar-refractivity contribution < 1.29 is 24.9 Å². The summed E-state index contributed by atoms with van der Waals surface area (Å²) in [6.07, 6.45) is -3.54. The number of rotatable bonds is 1. The van der Waals surface area contributed by atoms with Crippen molar-refractivity contribution >= 4 is 5.78 Å². The van der Waals surface area contributed by atoms with Crippen LogP contribution in [-0.4, -0.2) is 52.6 Å². The average Bonchev–Trinajstić information content (AvgIpc) is 2.01. The highest BCUT2D eigenvalue weighted by Crippen LogP contribution is 2.10. The van der Waals surface area contributed by atoms with Gasteiger partial charge in [-0.2, -0.15) is 0 Å². The number of Topliss-reactive ketones (excluding diaryl/α,β-unsaturated/α-hetero) is 1. The first-order chi connectivity index (χ1) is 5.16. The molecule has 0 aromatic carbocycles. The molecule has 1 aliphatic heterocycles. The lowest BCUT2D eigenvalue weighted by Gasteiger charge is -2.28. The molecule has 1 heterocycles. The molecule has 64 valence electrons. The quantitative estimate of drug-likeness (QED) is 0.402. The van der Waals surface area contributed by atoms with Gasteiger partial charge in [0.25, 0.3) is 0 Å². The first-order valence-electron chi connectivity index (χ1n) is 3.29. The fourth-order valence-corrected chi connectivity index (χ4v) is 0.921. The Kier molecular flexibility index (Phi) is 2.56. The van der Waals surface area contributed by atoms with Gasteiger partial charge in [-0.3, -0.25) is 4.79 Å². The first-order valence-corrected chi connectivity index (χ1v) is 3.29. The normalized spacial score (nSPS) is 39.2. The Morgan fingerprint density at radius 2 is 2.18 bits per heavy atom. The second-order valence-electron chi connectivity index (χ2n) is 2.42. The topological polar surface area (TPSA) is 87.0 Å². The largest absolute Gasteiger partial charge is 0.394 e. The average molecular weight is 162 g/mol. The maximum absolute atomic E-state index is 10.8. The van der Waals surface area contributed by atoms with E-state index in [0.717, 1.165) is 0 Å². The van der Waals surface area contributed by atoms with Crippen molar-refractivity contribution in [1.29, 1.82) is 0 Å². The predicted molar refractivity (Wildman–Crippen MR) is 33.8 cm³/mol. The summed E-state index contributed by atoms with van der Waals surface area (Å²) in [6.45, 7) is -0.569. The molecule has 0 saturated carbocycles. The van der Waals surface area contributed by atoms with Gasteiger partial charge in [0.2, 0.25) is 0 Å². The van der Waals surface area contributed by atoms with Crippen molar-refractivity contribution in [3.8, 4) is 0 Å². The monoisotopic (exact) mass is 162 g/mol. The van der Waals surface area contributed by atoms with Crippen LogP contribution >= 0.6 is 0 Å². The number of carbonyl (C=O) groups is 1. The first kappa shape index (κ1) is 8.61. The van der Waals surface area contributed by atoms with Crippen LogP contribution in [0.2, 0.25) is 0 Å². The Morgan fingerprint density at radius 1 is 1.55 bits per heavy atom. The number of aliphatic hydroxyl groups is 3. The molecule has 0 unspecified atom stereocenters. The molecule has 1 fully saturated rings. The Hall–Kier alpha value is -0.490. The van der Waals surface area contributed by atoms with E-state index in [2.05, 4.69) is 0 Å². The molecular formula is C6H10O5. The van der Waals surface area contributed by atoms with E-state index < -0.39 is 30.7 Å². The van der Waals surface area contributed by atoms with Crippen LogP contribution in [-0.2, 0) is 9.53 Å². The maximum atomic E-state index is 10.8. The fraction of sp³-hybridized carbons (Fsp3) is 0.833. The molecule has 1 rings (SSSR count). The van der Waals surface area contributed by atoms with E-state index in [-0.39, 0.29) is 6.61 Å². The molecule has 0 aliphatic carbocycles. The molecule has 0 bridgehead atoms. The van der Waals surface area contributed by atoms with Gasteiger partial charge >= 0.3 is 0 Å². The van der Waals surface area contributed by atoms with Crippen molar-refractivity contribution in [2.45, 2.75) is 18.3 Å². The highest BCUT2D eigenvalue weighted by atomic mass is 16.5. The Bertz CT molecular complexity index is 157. The third-order valence-electron chi connectivity index (χ3n) is 1.62. The van der Waals surface area contributed by atoms with E-state index in [1.54, 1.807) is 0 Å². The minimum Gasteiger partial charge on any atom is -0.394 e. The molecule has 11 heavy (non-hydrogen) atoms. The van der Waals surface area contributed by atoms with Gasteiger partial charge in [0.15, 0.2) is 5.78 Å². The Balaban J connectivity index is 2.59. The second-order valence-corrected chi connectivity index (χ2v) is 2.42. The van der Waals surface area contributed by atoms with Crippen molar-refractivity contribution in [1.82, 2.24) is 0 Å². The minimum absolute atomic E-state index is 0.152. The maximum Gasteiger partial charge on any atom is 0.194 e. The lowest BCUT2D eigenvalue weighted by atomic mass is 10.0. The van der Waals surface area contributed by atoms with E-state index >= 15 is 0 Å². The molecule has 0 radical (unpaired) electrons. The van der Waals surface area contributed by atoms with Gasteiger partial charge in [-0.05, 0) is 0 Å². The zero-order chi connectivity index (χ0) is 8.43. The van der Waals surface area contributed by atoms with Crippen LogP contribution in [0.15, 0.2) is 0 Å². The second kappa shape index (κ2) is 3.27. The van der Waals surface area contributed by atoms with Gasteiger partial charge < -0.3 is 20.1 Å². The van der Waals surface area contributed by atoms with Gasteiger partial charge in [-0.25, -0.2) is 0 Å². The summed E-state index contributed by atoms with van der Waals surface area (Å²) in [5, 5.41) is 26.4. The van der Waals surface area contributed by atoms with Crippen LogP contribution < -0.4 is 0 Å². The van der Waals surface area contributed by atoms with Crippen LogP contribution in [0, 0.1) is 0 Å². The molecule has 0 aromatic heterocycles. The number of aliphatic hydroxyl groups excluding tert-OH is 3. The summed E-state index contributed by atoms with van der Waals surface area (Å²) in [5.41, 5.74) is 0. The fourth-order valence-electron chi connectivity index (χ4n) is 0.921. The van der Waals surface area contributed by atoms with Gasteiger partial charge in [0.05, 0.1) is 13.2 Å². The molecule has 1 aliphatic rings. The lowest BCUT2D eigenvalue weighted by molar-refractivity contribution is -0.168. The number of ether oxygens (including phenoxy) is 1. The van der Waals surface area contributed by atoms with Crippen LogP contribution in [0.3, 0.4) is 0 Å². The third-order valence-corrected chi connectivity index (χ3v) is 1.62. The summed E-state index contributed by atoms with van der Waals surface area (Å²) < 4.78 is 4.75. The van der Waals surface area contributed by atoms with Crippen LogP contribution in [0.4, 0.5) is 0 Å². The van der Waals surface area contributed by atoms with Crippen molar-refractivity contribution in [3.63, 3.8) is 0 Å². The smallest absolute Gasteiger partial charge is 0.194 e. The van der Waals surface area contributed by atoms with Crippen LogP contribution in [0.5, 0.6) is 0 Å². The number of hydrogen-bond acceptors (Lipinski definition) is 5. The summed E-state index contributed by atoms with van der Waals surface area (Å²) in [6, 6.07) is 0. The van der Waals surface area contributed by atoms with E-state index in [4.69, 9.17) is 20.1 Å². The Morgan fingerprint density at radius 3 is 2.73 bits per heavy atom. The van der Waals surface area contributed by atoms with E-state index in [1.807, 2.05) is 0 Å². The Labute approximate surface area is 63.2 Å². The van der Waals surface area contributed by atoms with Crippen LogP contribution in [0.1, 0.15) is 0 Å².